The Labute approximate surface area is 203 Å². The monoisotopic (exact) mass is 473 g/mol. The van der Waals surface area contributed by atoms with Crippen LogP contribution in [0.3, 0.4) is 0 Å². The third kappa shape index (κ3) is 7.45. The van der Waals surface area contributed by atoms with Crippen LogP contribution in [-0.4, -0.2) is 72.9 Å². The molecule has 0 unspecified atom stereocenters. The van der Waals surface area contributed by atoms with Gasteiger partial charge >= 0.3 is 0 Å². The molecule has 0 bridgehead atoms. The standard InChI is InChI=1S/C26H39N3O5/c1-8-18-9-10-19(22(13-18)34-12-11-33-7)15-27-24(31)21-14-20(30)16-29(21)25(32)23(26(4,5)6)28-17(2)3/h1,9-10,13,17,20-21,23,28,30H,11-12,14-16H2,2-7H3,(H,27,31)/t20-,21+,23-/m1/s1. The Morgan fingerprint density at radius 3 is 2.59 bits per heavy atom. The van der Waals surface area contributed by atoms with Gasteiger partial charge in [-0.05, 0) is 17.5 Å². The van der Waals surface area contributed by atoms with Gasteiger partial charge in [0.15, 0.2) is 0 Å². The summed E-state index contributed by atoms with van der Waals surface area (Å²) in [6.07, 6.45) is 4.95. The fraction of sp³-hybridized carbons (Fsp3) is 0.615. The number of nitrogens with one attached hydrogen (secondary N) is 2. The number of likely N-dealkylation sites (tertiary alicyclic amines) is 1. The number of hydrogen-bond acceptors (Lipinski definition) is 6. The summed E-state index contributed by atoms with van der Waals surface area (Å²) >= 11 is 0. The molecule has 2 amide bonds. The number of terminal acetylenes is 1. The van der Waals surface area contributed by atoms with E-state index in [9.17, 15) is 14.7 Å². The van der Waals surface area contributed by atoms with Crippen LogP contribution in [0.15, 0.2) is 18.2 Å². The fourth-order valence-electron chi connectivity index (χ4n) is 3.96. The molecule has 34 heavy (non-hydrogen) atoms. The maximum atomic E-state index is 13.5. The van der Waals surface area contributed by atoms with Crippen molar-refractivity contribution in [3.8, 4) is 18.1 Å². The summed E-state index contributed by atoms with van der Waals surface area (Å²) in [6.45, 7) is 11.0. The number of rotatable bonds is 10. The van der Waals surface area contributed by atoms with Crippen molar-refractivity contribution in [2.24, 2.45) is 5.41 Å². The molecule has 1 saturated heterocycles. The molecule has 1 heterocycles. The topological polar surface area (TPSA) is 100 Å². The number of benzene rings is 1. The Balaban J connectivity index is 2.15. The lowest BCUT2D eigenvalue weighted by molar-refractivity contribution is -0.142. The van der Waals surface area contributed by atoms with Gasteiger partial charge in [-0.15, -0.1) is 6.42 Å². The van der Waals surface area contributed by atoms with Crippen molar-refractivity contribution in [2.75, 3.05) is 26.9 Å². The molecule has 1 aromatic rings. The predicted octanol–water partition coefficient (Wildman–Crippen LogP) is 1.68. The first-order chi connectivity index (χ1) is 16.0. The molecule has 8 nitrogen and oxygen atoms in total. The maximum Gasteiger partial charge on any atom is 0.243 e. The van der Waals surface area contributed by atoms with E-state index in [1.165, 1.54) is 4.90 Å². The van der Waals surface area contributed by atoms with E-state index in [-0.39, 0.29) is 42.8 Å². The number of nitrogens with zero attached hydrogens (tertiary/aromatic N) is 1. The van der Waals surface area contributed by atoms with Gasteiger partial charge in [0, 0.05) is 43.8 Å². The molecule has 0 spiro atoms. The Morgan fingerprint density at radius 1 is 1.29 bits per heavy atom. The minimum atomic E-state index is -0.748. The van der Waals surface area contributed by atoms with Crippen molar-refractivity contribution in [3.63, 3.8) is 0 Å². The predicted molar refractivity (Wildman–Crippen MR) is 131 cm³/mol. The smallest absolute Gasteiger partial charge is 0.243 e. The normalized spacial score (nSPS) is 19.1. The first kappa shape index (κ1) is 27.6. The van der Waals surface area contributed by atoms with Gasteiger partial charge in [-0.3, -0.25) is 9.59 Å². The quantitative estimate of drug-likeness (QED) is 0.353. The molecule has 1 fully saturated rings. The average molecular weight is 474 g/mol. The van der Waals surface area contributed by atoms with E-state index in [1.807, 2.05) is 40.7 Å². The molecule has 3 N–H and O–H groups in total. The first-order valence-corrected chi connectivity index (χ1v) is 11.7. The summed E-state index contributed by atoms with van der Waals surface area (Å²) in [5.74, 6) is 2.65. The highest BCUT2D eigenvalue weighted by atomic mass is 16.5. The second-order valence-electron chi connectivity index (χ2n) is 10.0. The van der Waals surface area contributed by atoms with E-state index in [4.69, 9.17) is 15.9 Å². The summed E-state index contributed by atoms with van der Waals surface area (Å²) in [6, 6.07) is 4.21. The second kappa shape index (κ2) is 12.2. The number of amides is 2. The Hall–Kier alpha value is -2.60. The van der Waals surface area contributed by atoms with Crippen LogP contribution in [0.4, 0.5) is 0 Å². The fourth-order valence-corrected chi connectivity index (χ4v) is 3.96. The van der Waals surface area contributed by atoms with Crippen molar-refractivity contribution >= 4 is 11.8 Å². The van der Waals surface area contributed by atoms with E-state index in [1.54, 1.807) is 19.2 Å². The highest BCUT2D eigenvalue weighted by Crippen LogP contribution is 2.27. The average Bonchev–Trinajstić information content (AvgIpc) is 3.17. The van der Waals surface area contributed by atoms with Crippen LogP contribution in [0.5, 0.6) is 5.75 Å². The molecule has 3 atom stereocenters. The number of carbonyl (C=O) groups excluding carboxylic acids is 2. The van der Waals surface area contributed by atoms with Gasteiger partial charge in [0.25, 0.3) is 0 Å². The molecule has 0 aliphatic carbocycles. The molecule has 1 aliphatic rings. The van der Waals surface area contributed by atoms with Crippen molar-refractivity contribution < 1.29 is 24.2 Å². The summed E-state index contributed by atoms with van der Waals surface area (Å²) in [4.78, 5) is 28.1. The van der Waals surface area contributed by atoms with Crippen LogP contribution >= 0.6 is 0 Å². The maximum absolute atomic E-state index is 13.5. The van der Waals surface area contributed by atoms with Gasteiger partial charge in [-0.25, -0.2) is 0 Å². The van der Waals surface area contributed by atoms with Gasteiger partial charge in [-0.1, -0.05) is 46.6 Å². The molecular weight excluding hydrogens is 434 g/mol. The van der Waals surface area contributed by atoms with E-state index >= 15 is 0 Å². The second-order valence-corrected chi connectivity index (χ2v) is 10.0. The summed E-state index contributed by atoms with van der Waals surface area (Å²) in [5, 5.41) is 16.5. The first-order valence-electron chi connectivity index (χ1n) is 11.7. The lowest BCUT2D eigenvalue weighted by Gasteiger charge is -2.36. The lowest BCUT2D eigenvalue weighted by atomic mass is 9.85. The summed E-state index contributed by atoms with van der Waals surface area (Å²) in [7, 11) is 1.59. The Bertz CT molecular complexity index is 887. The number of ether oxygens (including phenoxy) is 2. The van der Waals surface area contributed by atoms with E-state index in [0.29, 0.717) is 24.5 Å². The van der Waals surface area contributed by atoms with Gasteiger partial charge in [0.2, 0.25) is 11.8 Å². The van der Waals surface area contributed by atoms with Crippen LogP contribution in [-0.2, 0) is 20.9 Å². The summed E-state index contributed by atoms with van der Waals surface area (Å²) in [5.41, 5.74) is 1.07. The van der Waals surface area contributed by atoms with Crippen molar-refractivity contribution in [1.29, 1.82) is 0 Å². The van der Waals surface area contributed by atoms with Gasteiger partial charge in [0.05, 0.1) is 18.8 Å². The minimum absolute atomic E-state index is 0.0930. The third-order valence-corrected chi connectivity index (χ3v) is 5.71. The molecular formula is C26H39N3O5. The molecule has 1 aromatic carbocycles. The van der Waals surface area contributed by atoms with Crippen molar-refractivity contribution in [1.82, 2.24) is 15.5 Å². The van der Waals surface area contributed by atoms with Crippen LogP contribution in [0, 0.1) is 17.8 Å². The van der Waals surface area contributed by atoms with Crippen LogP contribution in [0.2, 0.25) is 0 Å². The van der Waals surface area contributed by atoms with Crippen molar-refractivity contribution in [2.45, 2.75) is 71.8 Å². The molecule has 2 rings (SSSR count). The summed E-state index contributed by atoms with van der Waals surface area (Å²) < 4.78 is 10.8. The zero-order valence-corrected chi connectivity index (χ0v) is 21.2. The molecule has 188 valence electrons. The third-order valence-electron chi connectivity index (χ3n) is 5.71. The Morgan fingerprint density at radius 2 is 2.00 bits per heavy atom. The van der Waals surface area contributed by atoms with E-state index in [0.717, 1.165) is 5.56 Å². The van der Waals surface area contributed by atoms with Crippen LogP contribution in [0.25, 0.3) is 0 Å². The molecule has 1 aliphatic heterocycles. The SMILES string of the molecule is C#Cc1ccc(CNC(=O)[C@@H]2C[C@@H](O)CN2C(=O)[C@@H](NC(C)C)C(C)(C)C)c(OCCOC)c1. The highest BCUT2D eigenvalue weighted by Gasteiger charge is 2.43. The molecule has 0 radical (unpaired) electrons. The number of β-amino-alcohol motifs (C(OH)–C–C–N with tert-alkyl or cyclic N) is 1. The lowest BCUT2D eigenvalue weighted by Crippen LogP contribution is -2.57. The zero-order valence-electron chi connectivity index (χ0n) is 21.2. The van der Waals surface area contributed by atoms with Crippen LogP contribution < -0.4 is 15.4 Å². The molecule has 8 heteroatoms. The Kier molecular flexibility index (Phi) is 9.92. The zero-order chi connectivity index (χ0) is 25.5. The number of hydrogen-bond donors (Lipinski definition) is 3. The number of carbonyl (C=O) groups is 2. The highest BCUT2D eigenvalue weighted by molar-refractivity contribution is 5.91. The largest absolute Gasteiger partial charge is 0.491 e. The number of methoxy groups -OCH3 is 1. The van der Waals surface area contributed by atoms with Crippen molar-refractivity contribution in [3.05, 3.63) is 29.3 Å². The number of aliphatic hydroxyl groups is 1. The van der Waals surface area contributed by atoms with Gasteiger partial charge in [0.1, 0.15) is 18.4 Å². The van der Waals surface area contributed by atoms with E-state index < -0.39 is 18.2 Å². The number of aliphatic hydroxyl groups excluding tert-OH is 1. The van der Waals surface area contributed by atoms with Crippen LogP contribution in [0.1, 0.15) is 52.2 Å². The molecule has 0 saturated carbocycles. The van der Waals surface area contributed by atoms with Gasteiger partial charge < -0.3 is 30.1 Å². The van der Waals surface area contributed by atoms with E-state index in [2.05, 4.69) is 16.6 Å². The minimum Gasteiger partial charge on any atom is -0.491 e. The van der Waals surface area contributed by atoms with Gasteiger partial charge in [-0.2, -0.15) is 0 Å². The molecule has 0 aromatic heterocycles.